The van der Waals surface area contributed by atoms with Gasteiger partial charge in [0.2, 0.25) is 5.91 Å². The largest absolute Gasteiger partial charge is 0.331 e. The van der Waals surface area contributed by atoms with Gasteiger partial charge in [0, 0.05) is 18.1 Å². The van der Waals surface area contributed by atoms with E-state index in [1.165, 1.54) is 4.90 Å². The van der Waals surface area contributed by atoms with E-state index in [1.807, 2.05) is 42.5 Å². The maximum atomic E-state index is 12.6. The Balaban J connectivity index is 1.73. The number of pyridine rings is 1. The summed E-state index contributed by atoms with van der Waals surface area (Å²) in [5.41, 5.74) is 0.888. The minimum Gasteiger partial charge on any atom is -0.331 e. The van der Waals surface area contributed by atoms with Gasteiger partial charge in [0.1, 0.15) is 10.8 Å². The minimum absolute atomic E-state index is 0.0835. The van der Waals surface area contributed by atoms with Gasteiger partial charge in [0.15, 0.2) is 0 Å². The number of likely N-dealkylation sites (N-methyl/N-ethyl adjacent to an activating group) is 1. The topological polar surface area (TPSA) is 62.3 Å². The lowest BCUT2D eigenvalue weighted by Crippen LogP contribution is -2.35. The molecule has 0 aliphatic heterocycles. The molecule has 3 rings (SSSR count). The Morgan fingerprint density at radius 2 is 1.76 bits per heavy atom. The smallest absolute Gasteiger partial charge is 0.272 e. The van der Waals surface area contributed by atoms with Crippen molar-refractivity contribution in [2.75, 3.05) is 18.9 Å². The van der Waals surface area contributed by atoms with Crippen molar-refractivity contribution in [2.45, 2.75) is 0 Å². The molecule has 1 aromatic heterocycles. The van der Waals surface area contributed by atoms with E-state index in [2.05, 4.69) is 10.3 Å². The number of nitrogens with one attached hydrogen (secondary N) is 1. The van der Waals surface area contributed by atoms with Crippen molar-refractivity contribution in [3.63, 3.8) is 0 Å². The first-order chi connectivity index (χ1) is 12.0. The summed E-state index contributed by atoms with van der Waals surface area (Å²) >= 11 is 6.16. The van der Waals surface area contributed by atoms with Crippen LogP contribution in [0.5, 0.6) is 0 Å². The molecular formula is C19H16ClN3O2. The third-order valence-electron chi connectivity index (χ3n) is 3.70. The van der Waals surface area contributed by atoms with Crippen LogP contribution >= 0.6 is 11.6 Å². The maximum absolute atomic E-state index is 12.6. The van der Waals surface area contributed by atoms with Crippen LogP contribution in [0, 0.1) is 0 Å². The molecule has 1 heterocycles. The molecule has 2 amide bonds. The predicted octanol–water partition coefficient (Wildman–Crippen LogP) is 3.60. The second kappa shape index (κ2) is 7.32. The van der Waals surface area contributed by atoms with E-state index < -0.39 is 0 Å². The Hall–Kier alpha value is -2.92. The molecule has 1 N–H and O–H groups in total. The average Bonchev–Trinajstić information content (AvgIpc) is 2.61. The zero-order chi connectivity index (χ0) is 17.8. The fourth-order valence-corrected chi connectivity index (χ4v) is 2.73. The van der Waals surface area contributed by atoms with E-state index >= 15 is 0 Å². The molecule has 0 bridgehead atoms. The summed E-state index contributed by atoms with van der Waals surface area (Å²) < 4.78 is 0. The molecule has 0 aliphatic carbocycles. The lowest BCUT2D eigenvalue weighted by Gasteiger charge is -2.17. The molecule has 2 aromatic carbocycles. The lowest BCUT2D eigenvalue weighted by molar-refractivity contribution is -0.116. The zero-order valence-corrected chi connectivity index (χ0v) is 14.3. The number of para-hydroxylation sites is 1. The number of hydrogen-bond acceptors (Lipinski definition) is 3. The molecule has 0 saturated heterocycles. The van der Waals surface area contributed by atoms with Crippen molar-refractivity contribution < 1.29 is 9.59 Å². The van der Waals surface area contributed by atoms with Crippen molar-refractivity contribution in [1.82, 2.24) is 9.88 Å². The van der Waals surface area contributed by atoms with Gasteiger partial charge in [-0.05, 0) is 23.6 Å². The van der Waals surface area contributed by atoms with Crippen LogP contribution in [-0.4, -0.2) is 35.3 Å². The van der Waals surface area contributed by atoms with Crippen LogP contribution in [-0.2, 0) is 4.79 Å². The van der Waals surface area contributed by atoms with E-state index in [9.17, 15) is 9.59 Å². The summed E-state index contributed by atoms with van der Waals surface area (Å²) in [6.07, 6.45) is 0. The van der Waals surface area contributed by atoms with Crippen LogP contribution in [0.4, 0.5) is 5.69 Å². The molecule has 126 valence electrons. The third kappa shape index (κ3) is 3.95. The van der Waals surface area contributed by atoms with Crippen LogP contribution < -0.4 is 5.32 Å². The Kier molecular flexibility index (Phi) is 4.95. The standard InChI is InChI=1S/C19H16ClN3O2/c1-23(12-17(24)21-14-8-3-2-4-9-14)19(25)16-11-13-7-5-6-10-15(13)18(20)22-16/h2-11H,12H2,1H3,(H,21,24). The summed E-state index contributed by atoms with van der Waals surface area (Å²) in [6.45, 7) is -0.0835. The summed E-state index contributed by atoms with van der Waals surface area (Å²) in [5.74, 6) is -0.648. The number of amides is 2. The number of aromatic nitrogens is 1. The highest BCUT2D eigenvalue weighted by Gasteiger charge is 2.18. The van der Waals surface area contributed by atoms with Gasteiger partial charge in [-0.3, -0.25) is 9.59 Å². The maximum Gasteiger partial charge on any atom is 0.272 e. The number of benzene rings is 2. The Labute approximate surface area is 150 Å². The van der Waals surface area contributed by atoms with Crippen LogP contribution in [0.15, 0.2) is 60.7 Å². The van der Waals surface area contributed by atoms with Crippen molar-refractivity contribution in [2.24, 2.45) is 0 Å². The highest BCUT2D eigenvalue weighted by atomic mass is 35.5. The van der Waals surface area contributed by atoms with Crippen molar-refractivity contribution in [3.05, 3.63) is 71.5 Å². The quantitative estimate of drug-likeness (QED) is 0.729. The van der Waals surface area contributed by atoms with Gasteiger partial charge in [0.25, 0.3) is 5.91 Å². The molecule has 5 nitrogen and oxygen atoms in total. The van der Waals surface area contributed by atoms with Gasteiger partial charge in [-0.15, -0.1) is 0 Å². The SMILES string of the molecule is CN(CC(=O)Nc1ccccc1)C(=O)c1cc2ccccc2c(Cl)n1. The Morgan fingerprint density at radius 3 is 2.52 bits per heavy atom. The number of nitrogens with zero attached hydrogens (tertiary/aromatic N) is 2. The number of anilines is 1. The van der Waals surface area contributed by atoms with Crippen molar-refractivity contribution in [1.29, 1.82) is 0 Å². The highest BCUT2D eigenvalue weighted by Crippen LogP contribution is 2.22. The molecule has 6 heteroatoms. The molecular weight excluding hydrogens is 338 g/mol. The highest BCUT2D eigenvalue weighted by molar-refractivity contribution is 6.34. The normalized spacial score (nSPS) is 10.5. The second-order valence-corrected chi connectivity index (χ2v) is 5.95. The van der Waals surface area contributed by atoms with Crippen LogP contribution in [0.25, 0.3) is 10.8 Å². The summed E-state index contributed by atoms with van der Waals surface area (Å²) in [6, 6.07) is 18.2. The van der Waals surface area contributed by atoms with Crippen LogP contribution in [0.3, 0.4) is 0 Å². The number of rotatable bonds is 4. The lowest BCUT2D eigenvalue weighted by atomic mass is 10.1. The zero-order valence-electron chi connectivity index (χ0n) is 13.6. The summed E-state index contributed by atoms with van der Waals surface area (Å²) in [7, 11) is 1.55. The molecule has 3 aromatic rings. The van der Waals surface area contributed by atoms with Gasteiger partial charge < -0.3 is 10.2 Å². The first-order valence-corrected chi connectivity index (χ1v) is 8.08. The van der Waals surface area contributed by atoms with E-state index in [-0.39, 0.29) is 29.2 Å². The molecule has 0 spiro atoms. The third-order valence-corrected chi connectivity index (χ3v) is 3.99. The molecule has 0 atom stereocenters. The van der Waals surface area contributed by atoms with Gasteiger partial charge >= 0.3 is 0 Å². The number of carbonyl (C=O) groups excluding carboxylic acids is 2. The molecule has 0 fully saturated rings. The molecule has 0 unspecified atom stereocenters. The first kappa shape index (κ1) is 16.9. The summed E-state index contributed by atoms with van der Waals surface area (Å²) in [4.78, 5) is 30.1. The second-order valence-electron chi connectivity index (χ2n) is 5.59. The number of fused-ring (bicyclic) bond motifs is 1. The predicted molar refractivity (Wildman–Crippen MR) is 98.8 cm³/mol. The molecule has 0 aliphatic rings. The summed E-state index contributed by atoms with van der Waals surface area (Å²) in [5, 5.41) is 4.62. The fraction of sp³-hybridized carbons (Fsp3) is 0.105. The fourth-order valence-electron chi connectivity index (χ4n) is 2.47. The van der Waals surface area contributed by atoms with E-state index in [0.717, 1.165) is 10.8 Å². The van der Waals surface area contributed by atoms with Gasteiger partial charge in [-0.1, -0.05) is 54.1 Å². The monoisotopic (exact) mass is 353 g/mol. The van der Waals surface area contributed by atoms with Gasteiger partial charge in [-0.25, -0.2) is 4.98 Å². The van der Waals surface area contributed by atoms with Gasteiger partial charge in [-0.2, -0.15) is 0 Å². The molecule has 0 saturated carbocycles. The van der Waals surface area contributed by atoms with E-state index in [4.69, 9.17) is 11.6 Å². The number of carbonyl (C=O) groups is 2. The van der Waals surface area contributed by atoms with Crippen molar-refractivity contribution >= 4 is 39.9 Å². The minimum atomic E-state index is -0.365. The average molecular weight is 354 g/mol. The van der Waals surface area contributed by atoms with Crippen LogP contribution in [0.1, 0.15) is 10.5 Å². The van der Waals surface area contributed by atoms with E-state index in [0.29, 0.717) is 5.69 Å². The van der Waals surface area contributed by atoms with Crippen LogP contribution in [0.2, 0.25) is 5.15 Å². The molecule has 25 heavy (non-hydrogen) atoms. The number of halogens is 1. The van der Waals surface area contributed by atoms with E-state index in [1.54, 1.807) is 25.2 Å². The Morgan fingerprint density at radius 1 is 1.08 bits per heavy atom. The molecule has 0 radical (unpaired) electrons. The Bertz CT molecular complexity index is 928. The first-order valence-electron chi connectivity index (χ1n) is 7.70. The number of hydrogen-bond donors (Lipinski definition) is 1. The van der Waals surface area contributed by atoms with Gasteiger partial charge in [0.05, 0.1) is 6.54 Å². The van der Waals surface area contributed by atoms with Crippen molar-refractivity contribution in [3.8, 4) is 0 Å².